The van der Waals surface area contributed by atoms with E-state index < -0.39 is 11.6 Å². The average Bonchev–Trinajstić information content (AvgIpc) is 2.82. The fourth-order valence-corrected chi connectivity index (χ4v) is 4.92. The highest BCUT2D eigenvalue weighted by Gasteiger charge is 2.34. The number of rotatable bonds is 3. The molecular formula is C26H32F2N2O3. The van der Waals surface area contributed by atoms with Crippen LogP contribution in [0.25, 0.3) is 0 Å². The summed E-state index contributed by atoms with van der Waals surface area (Å²) in [7, 11) is 1.72. The molecule has 2 bridgehead atoms. The summed E-state index contributed by atoms with van der Waals surface area (Å²) in [4.78, 5) is 17.4. The minimum absolute atomic E-state index is 0.0256. The molecule has 4 rings (SSSR count). The predicted octanol–water partition coefficient (Wildman–Crippen LogP) is 4.65. The van der Waals surface area contributed by atoms with Crippen LogP contribution in [0, 0.1) is 11.6 Å². The zero-order valence-corrected chi connectivity index (χ0v) is 19.1. The lowest BCUT2D eigenvalue weighted by Crippen LogP contribution is -2.51. The Kier molecular flexibility index (Phi) is 7.93. The van der Waals surface area contributed by atoms with Crippen molar-refractivity contribution in [3.05, 3.63) is 65.2 Å². The fourth-order valence-electron chi connectivity index (χ4n) is 4.92. The van der Waals surface area contributed by atoms with Gasteiger partial charge < -0.3 is 14.4 Å². The van der Waals surface area contributed by atoms with E-state index in [0.29, 0.717) is 36.6 Å². The number of nitrogens with zero attached hydrogens (tertiary/aromatic N) is 2. The van der Waals surface area contributed by atoms with Gasteiger partial charge in [0.05, 0.1) is 12.1 Å². The van der Waals surface area contributed by atoms with Crippen LogP contribution in [-0.2, 0) is 11.3 Å². The van der Waals surface area contributed by atoms with Crippen molar-refractivity contribution < 1.29 is 23.0 Å². The predicted molar refractivity (Wildman–Crippen MR) is 122 cm³/mol. The normalized spacial score (nSPS) is 22.9. The third kappa shape index (κ3) is 5.89. The van der Waals surface area contributed by atoms with Crippen molar-refractivity contribution in [3.8, 4) is 5.75 Å². The first-order valence-corrected chi connectivity index (χ1v) is 11.8. The topological polar surface area (TPSA) is 42.0 Å². The number of hydrogen-bond acceptors (Lipinski definition) is 4. The first kappa shape index (κ1) is 23.6. The molecular weight excluding hydrogens is 426 g/mol. The Morgan fingerprint density at radius 3 is 2.73 bits per heavy atom. The summed E-state index contributed by atoms with van der Waals surface area (Å²) in [6, 6.07) is 11.1. The Morgan fingerprint density at radius 1 is 1.03 bits per heavy atom. The average molecular weight is 459 g/mol. The van der Waals surface area contributed by atoms with E-state index in [1.165, 1.54) is 12.1 Å². The molecule has 1 amide bonds. The molecule has 0 saturated carbocycles. The standard InChI is InChI=1S/C26H32F2N2O3/c1-32-25-9-5-13-30-24(25)8-2-3-12-29(18-20-10-11-21(27)17-23(20)28)14-15-33-22-7-4-6-19(16-22)26(30)31/h4,6-7,10-11,16-17,24-25H,2-3,5,8-9,12-15,18H2,1H3/t24-,25-/m1/s1. The second-order valence-electron chi connectivity index (χ2n) is 8.87. The van der Waals surface area contributed by atoms with E-state index in [9.17, 15) is 13.6 Å². The lowest BCUT2D eigenvalue weighted by molar-refractivity contribution is -0.0156. The molecule has 2 aliphatic heterocycles. The molecule has 2 aromatic rings. The summed E-state index contributed by atoms with van der Waals surface area (Å²) in [6.07, 6.45) is 4.59. The van der Waals surface area contributed by atoms with E-state index in [1.54, 1.807) is 13.2 Å². The fraction of sp³-hybridized carbons (Fsp3) is 0.500. The molecule has 2 aromatic carbocycles. The molecule has 2 heterocycles. The van der Waals surface area contributed by atoms with Gasteiger partial charge in [0.2, 0.25) is 0 Å². The Morgan fingerprint density at radius 2 is 1.91 bits per heavy atom. The quantitative estimate of drug-likeness (QED) is 0.672. The summed E-state index contributed by atoms with van der Waals surface area (Å²) in [5, 5.41) is 0. The zero-order chi connectivity index (χ0) is 23.2. The van der Waals surface area contributed by atoms with Gasteiger partial charge in [-0.25, -0.2) is 8.78 Å². The molecule has 0 N–H and O–H groups in total. The number of hydrogen-bond donors (Lipinski definition) is 0. The van der Waals surface area contributed by atoms with E-state index >= 15 is 0 Å². The smallest absolute Gasteiger partial charge is 0.254 e. The minimum atomic E-state index is -0.570. The van der Waals surface area contributed by atoms with Gasteiger partial charge in [0, 0.05) is 43.9 Å². The van der Waals surface area contributed by atoms with E-state index in [0.717, 1.165) is 51.3 Å². The van der Waals surface area contributed by atoms with Gasteiger partial charge in [0.15, 0.2) is 0 Å². The molecule has 1 fully saturated rings. The summed E-state index contributed by atoms with van der Waals surface area (Å²) in [5.41, 5.74) is 1.10. The Labute approximate surface area is 194 Å². The van der Waals surface area contributed by atoms with Crippen molar-refractivity contribution in [2.75, 3.05) is 33.4 Å². The Bertz CT molecular complexity index is 955. The largest absolute Gasteiger partial charge is 0.492 e. The van der Waals surface area contributed by atoms with Gasteiger partial charge in [-0.1, -0.05) is 18.6 Å². The van der Waals surface area contributed by atoms with Crippen LogP contribution in [0.1, 0.15) is 48.0 Å². The van der Waals surface area contributed by atoms with Gasteiger partial charge >= 0.3 is 0 Å². The number of halogens is 2. The van der Waals surface area contributed by atoms with Crippen molar-refractivity contribution in [3.63, 3.8) is 0 Å². The molecule has 5 nitrogen and oxygen atoms in total. The van der Waals surface area contributed by atoms with Crippen LogP contribution in [0.4, 0.5) is 8.78 Å². The molecule has 0 aromatic heterocycles. The number of methoxy groups -OCH3 is 1. The number of amides is 1. The van der Waals surface area contributed by atoms with Gasteiger partial charge in [-0.3, -0.25) is 9.69 Å². The third-order valence-electron chi connectivity index (χ3n) is 6.67. The lowest BCUT2D eigenvalue weighted by atomic mass is 9.93. The van der Waals surface area contributed by atoms with Crippen LogP contribution in [0.3, 0.4) is 0 Å². The van der Waals surface area contributed by atoms with Gasteiger partial charge in [0.25, 0.3) is 5.91 Å². The van der Waals surface area contributed by atoms with E-state index in [-0.39, 0.29) is 18.1 Å². The first-order chi connectivity index (χ1) is 16.0. The monoisotopic (exact) mass is 458 g/mol. The number of piperidine rings is 1. The summed E-state index contributed by atoms with van der Waals surface area (Å²) in [5.74, 6) is -0.428. The first-order valence-electron chi connectivity index (χ1n) is 11.8. The molecule has 2 aliphatic rings. The highest BCUT2D eigenvalue weighted by Crippen LogP contribution is 2.27. The zero-order valence-electron chi connectivity index (χ0n) is 19.1. The molecule has 0 spiro atoms. The molecule has 7 heteroatoms. The summed E-state index contributed by atoms with van der Waals surface area (Å²) < 4.78 is 39.3. The van der Waals surface area contributed by atoms with Gasteiger partial charge in [-0.2, -0.15) is 0 Å². The van der Waals surface area contributed by atoms with Crippen LogP contribution >= 0.6 is 0 Å². The van der Waals surface area contributed by atoms with Crippen LogP contribution < -0.4 is 4.74 Å². The third-order valence-corrected chi connectivity index (χ3v) is 6.67. The van der Waals surface area contributed by atoms with Gasteiger partial charge in [0.1, 0.15) is 24.0 Å². The summed E-state index contributed by atoms with van der Waals surface area (Å²) >= 11 is 0. The van der Waals surface area contributed by atoms with Crippen molar-refractivity contribution in [2.24, 2.45) is 0 Å². The molecule has 0 radical (unpaired) electrons. The number of carbonyl (C=O) groups excluding carboxylic acids is 1. The molecule has 33 heavy (non-hydrogen) atoms. The molecule has 1 saturated heterocycles. The number of ether oxygens (including phenoxy) is 2. The maximum absolute atomic E-state index is 14.2. The van der Waals surface area contributed by atoms with Gasteiger partial charge in [-0.05, 0) is 56.5 Å². The highest BCUT2D eigenvalue weighted by atomic mass is 19.1. The van der Waals surface area contributed by atoms with Crippen molar-refractivity contribution in [1.82, 2.24) is 9.80 Å². The number of fused-ring (bicyclic) bond motifs is 3. The van der Waals surface area contributed by atoms with E-state index in [2.05, 4.69) is 4.90 Å². The van der Waals surface area contributed by atoms with Crippen molar-refractivity contribution in [2.45, 2.75) is 50.8 Å². The minimum Gasteiger partial charge on any atom is -0.492 e. The van der Waals surface area contributed by atoms with Crippen LogP contribution in [0.2, 0.25) is 0 Å². The maximum Gasteiger partial charge on any atom is 0.254 e. The van der Waals surface area contributed by atoms with Crippen LogP contribution in [0.15, 0.2) is 42.5 Å². The summed E-state index contributed by atoms with van der Waals surface area (Å²) in [6.45, 7) is 2.90. The second kappa shape index (κ2) is 11.1. The maximum atomic E-state index is 14.2. The van der Waals surface area contributed by atoms with Crippen LogP contribution in [-0.4, -0.2) is 61.2 Å². The second-order valence-corrected chi connectivity index (χ2v) is 8.87. The molecule has 0 unspecified atom stereocenters. The molecule has 2 atom stereocenters. The van der Waals surface area contributed by atoms with Crippen LogP contribution in [0.5, 0.6) is 5.75 Å². The number of benzene rings is 2. The van der Waals surface area contributed by atoms with E-state index in [4.69, 9.17) is 9.47 Å². The van der Waals surface area contributed by atoms with Crippen molar-refractivity contribution >= 4 is 5.91 Å². The van der Waals surface area contributed by atoms with Crippen molar-refractivity contribution in [1.29, 1.82) is 0 Å². The van der Waals surface area contributed by atoms with Gasteiger partial charge in [-0.15, -0.1) is 0 Å². The molecule has 178 valence electrons. The Balaban J connectivity index is 1.54. The number of carbonyl (C=O) groups is 1. The SMILES string of the molecule is CO[C@@H]1CCCN2C(=O)c3cccc(c3)OCCN(Cc3ccc(F)cc3F)CCCC[C@H]12. The lowest BCUT2D eigenvalue weighted by Gasteiger charge is -2.41. The van der Waals surface area contributed by atoms with E-state index in [1.807, 2.05) is 23.1 Å². The Hall–Kier alpha value is -2.51. The highest BCUT2D eigenvalue weighted by molar-refractivity contribution is 5.95. The molecule has 0 aliphatic carbocycles.